The molecule has 0 bridgehead atoms. The first-order valence-corrected chi connectivity index (χ1v) is 8.48. The number of nitriles is 1. The number of hydrogen-bond donors (Lipinski definition) is 0. The van der Waals surface area contributed by atoms with Crippen LogP contribution in [0.2, 0.25) is 0 Å². The zero-order chi connectivity index (χ0) is 17.4. The Hall–Kier alpha value is -3.07. The summed E-state index contributed by atoms with van der Waals surface area (Å²) in [6.45, 7) is 2.10. The van der Waals surface area contributed by atoms with Gasteiger partial charge in [-0.05, 0) is 44.4 Å². The molecule has 1 aromatic carbocycles. The molecule has 0 aliphatic heterocycles. The van der Waals surface area contributed by atoms with Gasteiger partial charge in [-0.3, -0.25) is 0 Å². The maximum Gasteiger partial charge on any atom is 0.341 e. The first kappa shape index (κ1) is 15.5. The molecule has 25 heavy (non-hydrogen) atoms. The Morgan fingerprint density at radius 2 is 2.24 bits per heavy atom. The normalized spacial score (nSPS) is 14.2. The van der Waals surface area contributed by atoms with Gasteiger partial charge in [-0.1, -0.05) is 0 Å². The summed E-state index contributed by atoms with van der Waals surface area (Å²) in [5.41, 5.74) is 2.96. The number of hydrogen-bond acceptors (Lipinski definition) is 4. The molecule has 2 aromatic heterocycles. The van der Waals surface area contributed by atoms with E-state index in [1.54, 1.807) is 17.8 Å². The van der Waals surface area contributed by atoms with Crippen molar-refractivity contribution in [3.63, 3.8) is 0 Å². The van der Waals surface area contributed by atoms with Gasteiger partial charge in [-0.2, -0.15) is 10.4 Å². The number of esters is 1. The summed E-state index contributed by atoms with van der Waals surface area (Å²) in [4.78, 5) is 11.8. The lowest BCUT2D eigenvalue weighted by molar-refractivity contribution is 0.0526. The third-order valence-electron chi connectivity index (χ3n) is 4.76. The lowest BCUT2D eigenvalue weighted by atomic mass is 9.93. The van der Waals surface area contributed by atoms with Crippen molar-refractivity contribution in [2.45, 2.75) is 32.2 Å². The first-order chi connectivity index (χ1) is 12.2. The Kier molecular flexibility index (Phi) is 3.77. The van der Waals surface area contributed by atoms with E-state index in [0.717, 1.165) is 16.6 Å². The Morgan fingerprint density at radius 3 is 2.92 bits per heavy atom. The second kappa shape index (κ2) is 6.10. The summed E-state index contributed by atoms with van der Waals surface area (Å²) in [6.07, 6.45) is 8.66. The molecule has 0 atom stereocenters. The minimum absolute atomic E-state index is 0.330. The molecule has 0 spiro atoms. The highest BCUT2D eigenvalue weighted by atomic mass is 16.5. The van der Waals surface area contributed by atoms with Gasteiger partial charge in [0.25, 0.3) is 0 Å². The van der Waals surface area contributed by atoms with E-state index in [9.17, 15) is 10.1 Å². The quantitative estimate of drug-likeness (QED) is 0.683. The molecule has 1 aliphatic rings. The van der Waals surface area contributed by atoms with Crippen LogP contribution in [-0.2, 0) is 4.74 Å². The van der Waals surface area contributed by atoms with Crippen molar-refractivity contribution < 1.29 is 9.53 Å². The average Bonchev–Trinajstić information content (AvgIpc) is 3.18. The van der Waals surface area contributed by atoms with E-state index in [4.69, 9.17) is 4.74 Å². The summed E-state index contributed by atoms with van der Waals surface area (Å²) < 4.78 is 8.84. The van der Waals surface area contributed by atoms with Crippen LogP contribution in [0.3, 0.4) is 0 Å². The summed E-state index contributed by atoms with van der Waals surface area (Å²) in [6, 6.07) is 8.72. The van der Waals surface area contributed by atoms with Crippen LogP contribution in [0.5, 0.6) is 0 Å². The second-order valence-electron chi connectivity index (χ2n) is 6.24. The standard InChI is InChI=1S/C19H18N4O2/c1-2-25-19(24)14-10-21-23(12-14)16-6-7-18-17(8-16)13(9-20)11-22(18)15-4-3-5-15/h6-8,10-12,15H,2-5H2,1H3. The zero-order valence-corrected chi connectivity index (χ0v) is 14.0. The Balaban J connectivity index is 1.74. The van der Waals surface area contributed by atoms with Crippen LogP contribution >= 0.6 is 0 Å². The van der Waals surface area contributed by atoms with Crippen LogP contribution in [0.15, 0.2) is 36.8 Å². The predicted octanol–water partition coefficient (Wildman–Crippen LogP) is 3.60. The number of ether oxygens (including phenoxy) is 1. The molecule has 1 aliphatic carbocycles. The number of aromatic nitrogens is 3. The Morgan fingerprint density at radius 1 is 1.40 bits per heavy atom. The molecule has 2 heterocycles. The molecule has 1 fully saturated rings. The van der Waals surface area contributed by atoms with Crippen molar-refractivity contribution in [2.75, 3.05) is 6.61 Å². The van der Waals surface area contributed by atoms with Gasteiger partial charge in [-0.25, -0.2) is 9.48 Å². The number of carbonyl (C=O) groups is 1. The largest absolute Gasteiger partial charge is 0.462 e. The van der Waals surface area contributed by atoms with Crippen molar-refractivity contribution in [2.24, 2.45) is 0 Å². The average molecular weight is 334 g/mol. The van der Waals surface area contributed by atoms with Gasteiger partial charge in [0.2, 0.25) is 0 Å². The topological polar surface area (TPSA) is 72.8 Å². The number of nitrogens with zero attached hydrogens (tertiary/aromatic N) is 4. The van der Waals surface area contributed by atoms with Crippen LogP contribution in [0.25, 0.3) is 16.6 Å². The highest BCUT2D eigenvalue weighted by Gasteiger charge is 2.22. The first-order valence-electron chi connectivity index (χ1n) is 8.48. The molecule has 4 rings (SSSR count). The summed E-state index contributed by atoms with van der Waals surface area (Å²) in [5, 5.41) is 14.6. The van der Waals surface area contributed by atoms with Gasteiger partial charge in [0.05, 0.1) is 29.6 Å². The SMILES string of the molecule is CCOC(=O)c1cnn(-c2ccc3c(c2)c(C#N)cn3C2CCC2)c1. The van der Waals surface area contributed by atoms with Crippen molar-refractivity contribution in [1.82, 2.24) is 14.3 Å². The molecule has 6 heteroatoms. The molecule has 0 unspecified atom stereocenters. The third-order valence-corrected chi connectivity index (χ3v) is 4.76. The van der Waals surface area contributed by atoms with Crippen LogP contribution < -0.4 is 0 Å². The number of carbonyl (C=O) groups excluding carboxylic acids is 1. The Bertz CT molecular complexity index is 989. The van der Waals surface area contributed by atoms with E-state index in [-0.39, 0.29) is 5.97 Å². The molecule has 0 N–H and O–H groups in total. The van der Waals surface area contributed by atoms with Gasteiger partial charge in [-0.15, -0.1) is 0 Å². The summed E-state index contributed by atoms with van der Waals surface area (Å²) in [5.74, 6) is -0.385. The van der Waals surface area contributed by atoms with E-state index in [1.807, 2.05) is 24.4 Å². The van der Waals surface area contributed by atoms with E-state index in [0.29, 0.717) is 23.8 Å². The van der Waals surface area contributed by atoms with E-state index < -0.39 is 0 Å². The molecule has 1 saturated carbocycles. The Labute approximate surface area is 145 Å². The zero-order valence-electron chi connectivity index (χ0n) is 14.0. The fourth-order valence-corrected chi connectivity index (χ4v) is 3.23. The highest BCUT2D eigenvalue weighted by molar-refractivity contribution is 5.90. The van der Waals surface area contributed by atoms with Crippen molar-refractivity contribution >= 4 is 16.9 Å². The molecule has 3 aromatic rings. The fourth-order valence-electron chi connectivity index (χ4n) is 3.23. The monoisotopic (exact) mass is 334 g/mol. The molecule has 0 saturated heterocycles. The van der Waals surface area contributed by atoms with Crippen LogP contribution in [0.1, 0.15) is 48.1 Å². The molecule has 0 radical (unpaired) electrons. The number of benzene rings is 1. The van der Waals surface area contributed by atoms with E-state index in [2.05, 4.69) is 15.7 Å². The second-order valence-corrected chi connectivity index (χ2v) is 6.24. The smallest absolute Gasteiger partial charge is 0.341 e. The van der Waals surface area contributed by atoms with Gasteiger partial charge < -0.3 is 9.30 Å². The summed E-state index contributed by atoms with van der Waals surface area (Å²) in [7, 11) is 0. The molecule has 0 amide bonds. The van der Waals surface area contributed by atoms with Gasteiger partial charge in [0.15, 0.2) is 0 Å². The van der Waals surface area contributed by atoms with Crippen molar-refractivity contribution in [3.8, 4) is 11.8 Å². The maximum absolute atomic E-state index is 11.8. The molecular formula is C19H18N4O2. The minimum Gasteiger partial charge on any atom is -0.462 e. The highest BCUT2D eigenvalue weighted by Crippen LogP contribution is 2.36. The summed E-state index contributed by atoms with van der Waals surface area (Å²) >= 11 is 0. The van der Waals surface area contributed by atoms with Crippen molar-refractivity contribution in [1.29, 1.82) is 5.26 Å². The molecule has 126 valence electrons. The molecular weight excluding hydrogens is 316 g/mol. The number of fused-ring (bicyclic) bond motifs is 1. The van der Waals surface area contributed by atoms with Gasteiger partial charge in [0.1, 0.15) is 6.07 Å². The van der Waals surface area contributed by atoms with Gasteiger partial charge in [0, 0.05) is 29.3 Å². The van der Waals surface area contributed by atoms with E-state index in [1.165, 1.54) is 25.5 Å². The van der Waals surface area contributed by atoms with Gasteiger partial charge >= 0.3 is 5.97 Å². The van der Waals surface area contributed by atoms with Crippen LogP contribution in [-0.4, -0.2) is 26.9 Å². The lowest BCUT2D eigenvalue weighted by Crippen LogP contribution is -2.15. The third kappa shape index (κ3) is 2.58. The minimum atomic E-state index is -0.385. The predicted molar refractivity (Wildman–Crippen MR) is 92.6 cm³/mol. The lowest BCUT2D eigenvalue weighted by Gasteiger charge is -2.27. The van der Waals surface area contributed by atoms with Crippen molar-refractivity contribution in [3.05, 3.63) is 47.9 Å². The van der Waals surface area contributed by atoms with Crippen LogP contribution in [0, 0.1) is 11.3 Å². The van der Waals surface area contributed by atoms with Crippen LogP contribution in [0.4, 0.5) is 0 Å². The molecule has 6 nitrogen and oxygen atoms in total. The number of rotatable bonds is 4. The van der Waals surface area contributed by atoms with E-state index >= 15 is 0 Å². The fraction of sp³-hybridized carbons (Fsp3) is 0.316. The maximum atomic E-state index is 11.8.